The fraction of sp³-hybridized carbons (Fsp3) is 0.613. The Morgan fingerprint density at radius 1 is 1.10 bits per heavy atom. The first-order valence-electron chi connectivity index (χ1n) is 14.8. The number of nitrogens with zero attached hydrogens (tertiary/aromatic N) is 1. The lowest BCUT2D eigenvalue weighted by Crippen LogP contribution is -2.49. The smallest absolute Gasteiger partial charge is 0.364 e. The van der Waals surface area contributed by atoms with Crippen LogP contribution in [0.5, 0.6) is 0 Å². The van der Waals surface area contributed by atoms with Crippen molar-refractivity contribution in [3.8, 4) is 10.4 Å². The number of carboxylic acids is 1. The summed E-state index contributed by atoms with van der Waals surface area (Å²) in [5, 5.41) is 9.39. The third-order valence-corrected chi connectivity index (χ3v) is 11.0. The van der Waals surface area contributed by atoms with Gasteiger partial charge in [0.15, 0.2) is 5.79 Å². The van der Waals surface area contributed by atoms with Crippen LogP contribution >= 0.6 is 19.8 Å². The van der Waals surface area contributed by atoms with Crippen molar-refractivity contribution in [3.63, 3.8) is 0 Å². The third kappa shape index (κ3) is 6.30. The topological polar surface area (TPSA) is 102 Å². The monoisotopic (exact) mass is 602 g/mol. The van der Waals surface area contributed by atoms with Crippen LogP contribution in [0.15, 0.2) is 30.3 Å². The van der Waals surface area contributed by atoms with Gasteiger partial charge in [0.1, 0.15) is 4.88 Å². The Morgan fingerprint density at radius 3 is 2.29 bits per heavy atom. The Hall–Kier alpha value is -2.16. The molecule has 0 radical (unpaired) electrons. The first-order chi connectivity index (χ1) is 19.7. The number of carboxylic acid groups (broad SMARTS) is 1. The van der Waals surface area contributed by atoms with Crippen molar-refractivity contribution >= 4 is 37.4 Å². The molecule has 2 aromatic rings. The molecule has 0 bridgehead atoms. The van der Waals surface area contributed by atoms with E-state index in [2.05, 4.69) is 6.92 Å². The number of anilines is 1. The summed E-state index contributed by atoms with van der Waals surface area (Å²) < 4.78 is 29.6. The molecule has 3 aliphatic rings. The molecule has 2 unspecified atom stereocenters. The number of carbonyl (C=O) groups is 2. The quantitative estimate of drug-likeness (QED) is 0.303. The molecule has 5 rings (SSSR count). The van der Waals surface area contributed by atoms with Gasteiger partial charge in [-0.2, -0.15) is 0 Å². The van der Waals surface area contributed by atoms with Crippen molar-refractivity contribution in [1.82, 2.24) is 0 Å². The van der Waals surface area contributed by atoms with E-state index in [9.17, 15) is 19.3 Å². The summed E-state index contributed by atoms with van der Waals surface area (Å²) in [5.41, 5.74) is 2.12. The number of benzene rings is 1. The van der Waals surface area contributed by atoms with Crippen molar-refractivity contribution in [3.05, 3.63) is 40.8 Å². The number of thiophene rings is 1. The molecule has 1 saturated heterocycles. The van der Waals surface area contributed by atoms with Gasteiger partial charge in [-0.05, 0) is 63.0 Å². The van der Waals surface area contributed by atoms with Gasteiger partial charge < -0.3 is 24.2 Å². The molecular weight excluding hydrogens is 561 g/mol. The Kier molecular flexibility index (Phi) is 9.31. The molecule has 2 saturated carbocycles. The predicted octanol–water partition coefficient (Wildman–Crippen LogP) is 7.19. The van der Waals surface area contributed by atoms with E-state index in [0.29, 0.717) is 57.1 Å². The molecule has 10 heteroatoms. The van der Waals surface area contributed by atoms with Crippen LogP contribution in [-0.4, -0.2) is 48.6 Å². The number of hydrogen-bond donors (Lipinski definition) is 1. The number of aromatic carboxylic acids is 1. The molecule has 1 N–H and O–H groups in total. The van der Waals surface area contributed by atoms with Gasteiger partial charge in [-0.15, -0.1) is 11.3 Å². The molecule has 1 spiro atoms. The van der Waals surface area contributed by atoms with Crippen LogP contribution in [-0.2, 0) is 28.9 Å². The van der Waals surface area contributed by atoms with Crippen molar-refractivity contribution in [1.29, 1.82) is 0 Å². The Balaban J connectivity index is 1.48. The van der Waals surface area contributed by atoms with Crippen molar-refractivity contribution < 1.29 is 33.5 Å². The molecule has 1 aromatic carbocycles. The number of hydrogen-bond acceptors (Lipinski definition) is 7. The largest absolute Gasteiger partial charge is 0.477 e. The number of rotatable bonds is 9. The lowest BCUT2D eigenvalue weighted by Gasteiger charge is -2.42. The number of ether oxygens (including phenoxy) is 3. The highest BCUT2D eigenvalue weighted by molar-refractivity contribution is 7.25. The van der Waals surface area contributed by atoms with E-state index in [4.69, 9.17) is 14.2 Å². The SMILES string of the molecule is CCOC(C)([PH+]=O)c1ccc(-c2cc(N(C(=O)C3CCC(C)CC3)C3CCC4(CC3)OCCO4)c(C(=O)O)s2)cc1. The highest BCUT2D eigenvalue weighted by Crippen LogP contribution is 2.45. The summed E-state index contributed by atoms with van der Waals surface area (Å²) in [6, 6.07) is 9.32. The second kappa shape index (κ2) is 12.6. The molecule has 3 fully saturated rings. The average molecular weight is 603 g/mol. The van der Waals surface area contributed by atoms with Crippen LogP contribution in [0.1, 0.15) is 87.4 Å². The average Bonchev–Trinajstić information content (AvgIpc) is 3.63. The summed E-state index contributed by atoms with van der Waals surface area (Å²) in [5.74, 6) is -1.06. The van der Waals surface area contributed by atoms with E-state index < -0.39 is 25.6 Å². The highest BCUT2D eigenvalue weighted by Gasteiger charge is 2.44. The minimum absolute atomic E-state index is 0.0391. The van der Waals surface area contributed by atoms with Crippen molar-refractivity contribution in [2.45, 2.75) is 89.3 Å². The first-order valence-corrected chi connectivity index (χ1v) is 16.5. The molecule has 2 atom stereocenters. The van der Waals surface area contributed by atoms with E-state index >= 15 is 0 Å². The molecular formula is C31H41NO7PS+. The predicted molar refractivity (Wildman–Crippen MR) is 160 cm³/mol. The molecule has 222 valence electrons. The maximum absolute atomic E-state index is 14.2. The number of amides is 1. The molecule has 1 aliphatic heterocycles. The van der Waals surface area contributed by atoms with Crippen LogP contribution in [0.2, 0.25) is 0 Å². The molecule has 1 aromatic heterocycles. The second-order valence-electron chi connectivity index (χ2n) is 11.8. The van der Waals surface area contributed by atoms with E-state index in [1.54, 1.807) is 6.92 Å². The Morgan fingerprint density at radius 2 is 1.73 bits per heavy atom. The van der Waals surface area contributed by atoms with Crippen LogP contribution in [0.25, 0.3) is 10.4 Å². The Labute approximate surface area is 247 Å². The lowest BCUT2D eigenvalue weighted by atomic mass is 9.81. The van der Waals surface area contributed by atoms with Gasteiger partial charge >= 0.3 is 14.4 Å². The lowest BCUT2D eigenvalue weighted by molar-refractivity contribution is -0.179. The van der Waals surface area contributed by atoms with E-state index in [0.717, 1.165) is 41.7 Å². The van der Waals surface area contributed by atoms with Crippen LogP contribution < -0.4 is 4.90 Å². The highest BCUT2D eigenvalue weighted by atomic mass is 32.1. The summed E-state index contributed by atoms with van der Waals surface area (Å²) in [6.07, 6.45) is 6.44. The molecule has 41 heavy (non-hydrogen) atoms. The van der Waals surface area contributed by atoms with Gasteiger partial charge in [0.05, 0.1) is 18.9 Å². The van der Waals surface area contributed by atoms with Gasteiger partial charge in [0, 0.05) is 48.8 Å². The van der Waals surface area contributed by atoms with Crippen LogP contribution in [0.3, 0.4) is 0 Å². The second-order valence-corrected chi connectivity index (χ2v) is 14.0. The fourth-order valence-corrected chi connectivity index (χ4v) is 8.04. The fourth-order valence-electron chi connectivity index (χ4n) is 6.55. The van der Waals surface area contributed by atoms with Crippen LogP contribution in [0, 0.1) is 11.8 Å². The minimum Gasteiger partial charge on any atom is -0.477 e. The maximum Gasteiger partial charge on any atom is 0.364 e. The van der Waals surface area contributed by atoms with E-state index in [1.165, 1.54) is 11.3 Å². The zero-order chi connectivity index (χ0) is 29.2. The molecule has 8 nitrogen and oxygen atoms in total. The van der Waals surface area contributed by atoms with E-state index in [-0.39, 0.29) is 22.7 Å². The summed E-state index contributed by atoms with van der Waals surface area (Å²) in [4.78, 5) is 29.6. The third-order valence-electron chi connectivity index (χ3n) is 9.01. The van der Waals surface area contributed by atoms with Gasteiger partial charge in [0.25, 0.3) is 5.34 Å². The summed E-state index contributed by atoms with van der Waals surface area (Å²) >= 11 is 1.19. The summed E-state index contributed by atoms with van der Waals surface area (Å²) in [6.45, 7) is 7.51. The van der Waals surface area contributed by atoms with Gasteiger partial charge in [-0.1, -0.05) is 35.8 Å². The zero-order valence-electron chi connectivity index (χ0n) is 24.1. The van der Waals surface area contributed by atoms with Crippen molar-refractivity contribution in [2.24, 2.45) is 11.8 Å². The minimum atomic E-state index is -1.03. The molecule has 2 aliphatic carbocycles. The number of carbonyl (C=O) groups excluding carboxylic acids is 1. The van der Waals surface area contributed by atoms with Crippen molar-refractivity contribution in [2.75, 3.05) is 24.7 Å². The normalized spacial score (nSPS) is 24.4. The molecule has 1 amide bonds. The summed E-state index contributed by atoms with van der Waals surface area (Å²) in [7, 11) is -0.666. The maximum atomic E-state index is 14.2. The van der Waals surface area contributed by atoms with Crippen LogP contribution in [0.4, 0.5) is 5.69 Å². The van der Waals surface area contributed by atoms with Gasteiger partial charge in [-0.25, -0.2) is 4.79 Å². The standard InChI is InChI=1S/C31H40NO7PS/c1-4-37-30(3,40-36)23-11-9-21(10-12-23)26-19-25(27(41-26)29(34)35)32(28(33)22-7-5-20(2)6-8-22)24-13-15-31(16-14-24)38-17-18-39-31/h9-12,19-20,22,24H,4-8,13-18H2,1-3H3,(H,34,35)/p+1. The molecule has 2 heterocycles. The Bertz CT molecular complexity index is 1240. The van der Waals surface area contributed by atoms with Gasteiger partial charge in [-0.3, -0.25) is 4.79 Å². The van der Waals surface area contributed by atoms with E-state index in [1.807, 2.05) is 42.2 Å². The first kappa shape index (κ1) is 30.3. The zero-order valence-corrected chi connectivity index (χ0v) is 26.0. The van der Waals surface area contributed by atoms with Gasteiger partial charge in [0.2, 0.25) is 5.91 Å².